The number of hydrogen-bond acceptors (Lipinski definition) is 3. The van der Waals surface area contributed by atoms with Crippen molar-refractivity contribution < 1.29 is 4.74 Å². The lowest BCUT2D eigenvalue weighted by Gasteiger charge is -2.40. The van der Waals surface area contributed by atoms with Gasteiger partial charge in [-0.25, -0.2) is 0 Å². The monoisotopic (exact) mass is 252 g/mol. The van der Waals surface area contributed by atoms with Crippen LogP contribution in [-0.4, -0.2) is 24.8 Å². The molecule has 0 aromatic carbocycles. The van der Waals surface area contributed by atoms with Gasteiger partial charge in [0.2, 0.25) is 0 Å². The molecule has 1 saturated heterocycles. The summed E-state index contributed by atoms with van der Waals surface area (Å²) in [6.07, 6.45) is 5.28. The van der Waals surface area contributed by atoms with Crippen LogP contribution in [0.2, 0.25) is 0 Å². The van der Waals surface area contributed by atoms with E-state index < -0.39 is 0 Å². The average molecular weight is 252 g/mol. The Balaban J connectivity index is 2.38. The van der Waals surface area contributed by atoms with Crippen LogP contribution >= 0.6 is 0 Å². The van der Waals surface area contributed by atoms with E-state index in [2.05, 4.69) is 25.2 Å². The Morgan fingerprint density at radius 1 is 1.39 bits per heavy atom. The van der Waals surface area contributed by atoms with Crippen molar-refractivity contribution >= 4 is 0 Å². The van der Waals surface area contributed by atoms with Crippen LogP contribution < -0.4 is 5.32 Å². The first kappa shape index (κ1) is 15.5. The van der Waals surface area contributed by atoms with Crippen molar-refractivity contribution in [1.29, 1.82) is 5.26 Å². The van der Waals surface area contributed by atoms with Crippen molar-refractivity contribution in [3.63, 3.8) is 0 Å². The van der Waals surface area contributed by atoms with Crippen LogP contribution in [0.1, 0.15) is 59.8 Å². The predicted octanol–water partition coefficient (Wildman–Crippen LogP) is 3.25. The predicted molar refractivity (Wildman–Crippen MR) is 74.3 cm³/mol. The summed E-state index contributed by atoms with van der Waals surface area (Å²) in [5, 5.41) is 12.6. The Bertz CT molecular complexity index is 289. The van der Waals surface area contributed by atoms with Crippen molar-refractivity contribution in [2.75, 3.05) is 13.2 Å². The molecule has 0 spiro atoms. The molecule has 0 radical (unpaired) electrons. The second-order valence-electron chi connectivity index (χ2n) is 6.13. The van der Waals surface area contributed by atoms with Crippen molar-refractivity contribution in [2.45, 2.75) is 71.4 Å². The number of ether oxygens (including phenoxy) is 1. The molecule has 104 valence electrons. The average Bonchev–Trinajstić information content (AvgIpc) is 2.39. The molecular formula is C15H28N2O. The van der Waals surface area contributed by atoms with E-state index in [1.165, 1.54) is 0 Å². The molecule has 0 amide bonds. The highest BCUT2D eigenvalue weighted by atomic mass is 16.5. The van der Waals surface area contributed by atoms with Crippen LogP contribution in [0.4, 0.5) is 0 Å². The molecule has 1 aliphatic rings. The molecule has 0 saturated carbocycles. The maximum absolute atomic E-state index is 8.99. The number of nitriles is 1. The molecule has 1 atom stereocenters. The summed E-state index contributed by atoms with van der Waals surface area (Å²) >= 11 is 0. The van der Waals surface area contributed by atoms with Gasteiger partial charge in [0, 0.05) is 12.6 Å². The molecule has 1 rings (SSSR count). The molecule has 0 aromatic heterocycles. The third-order valence-corrected chi connectivity index (χ3v) is 4.27. The van der Waals surface area contributed by atoms with Gasteiger partial charge in [-0.2, -0.15) is 5.26 Å². The van der Waals surface area contributed by atoms with Gasteiger partial charge < -0.3 is 10.1 Å². The Morgan fingerprint density at radius 2 is 2.06 bits per heavy atom. The van der Waals surface area contributed by atoms with Crippen LogP contribution in [0, 0.1) is 16.7 Å². The van der Waals surface area contributed by atoms with Crippen LogP contribution in [0.5, 0.6) is 0 Å². The van der Waals surface area contributed by atoms with E-state index in [0.29, 0.717) is 6.04 Å². The van der Waals surface area contributed by atoms with Gasteiger partial charge in [0.15, 0.2) is 0 Å². The largest absolute Gasteiger partial charge is 0.375 e. The van der Waals surface area contributed by atoms with Crippen molar-refractivity contribution in [2.24, 2.45) is 5.41 Å². The quantitative estimate of drug-likeness (QED) is 0.789. The highest BCUT2D eigenvalue weighted by Gasteiger charge is 2.34. The van der Waals surface area contributed by atoms with Crippen molar-refractivity contribution in [3.05, 3.63) is 0 Å². The first-order valence-corrected chi connectivity index (χ1v) is 7.25. The van der Waals surface area contributed by atoms with Gasteiger partial charge in [0.1, 0.15) is 0 Å². The minimum atomic E-state index is -0.217. The molecule has 18 heavy (non-hydrogen) atoms. The zero-order chi connectivity index (χ0) is 13.6. The van der Waals surface area contributed by atoms with E-state index in [1.807, 2.05) is 13.8 Å². The van der Waals surface area contributed by atoms with Crippen LogP contribution in [0.25, 0.3) is 0 Å². The fourth-order valence-electron chi connectivity index (χ4n) is 2.59. The third kappa shape index (κ3) is 4.26. The first-order valence-electron chi connectivity index (χ1n) is 7.25. The summed E-state index contributed by atoms with van der Waals surface area (Å²) in [5.74, 6) is 0. The van der Waals surface area contributed by atoms with Gasteiger partial charge >= 0.3 is 0 Å². The topological polar surface area (TPSA) is 45.0 Å². The normalized spacial score (nSPS) is 23.6. The molecule has 0 bridgehead atoms. The Hall–Kier alpha value is -0.590. The van der Waals surface area contributed by atoms with E-state index >= 15 is 0 Å². The molecule has 1 aliphatic heterocycles. The second kappa shape index (κ2) is 6.54. The van der Waals surface area contributed by atoms with Gasteiger partial charge in [-0.3, -0.25) is 0 Å². The number of nitrogens with zero attached hydrogens (tertiary/aromatic N) is 1. The Morgan fingerprint density at radius 3 is 2.61 bits per heavy atom. The van der Waals surface area contributed by atoms with Crippen LogP contribution in [0.15, 0.2) is 0 Å². The van der Waals surface area contributed by atoms with Gasteiger partial charge in [-0.15, -0.1) is 0 Å². The summed E-state index contributed by atoms with van der Waals surface area (Å²) in [6.45, 7) is 10.2. The summed E-state index contributed by atoms with van der Waals surface area (Å²) in [6, 6.07) is 2.90. The van der Waals surface area contributed by atoms with E-state index in [-0.39, 0.29) is 11.0 Å². The zero-order valence-corrected chi connectivity index (χ0v) is 12.4. The summed E-state index contributed by atoms with van der Waals surface area (Å²) in [5.41, 5.74) is -0.134. The lowest BCUT2D eigenvalue weighted by molar-refractivity contribution is -0.0930. The number of nitrogens with one attached hydrogen (secondary N) is 1. The SMILES string of the molecule is CCC1(CC)CC(NCCC(C)(C)C#N)CCO1. The van der Waals surface area contributed by atoms with Gasteiger partial charge in [0.25, 0.3) is 0 Å². The summed E-state index contributed by atoms with van der Waals surface area (Å²) < 4.78 is 5.97. The molecule has 1 heterocycles. The Labute approximate surface area is 112 Å². The number of hydrogen-bond donors (Lipinski definition) is 1. The lowest BCUT2D eigenvalue weighted by Crippen LogP contribution is -2.47. The molecule has 0 aromatic rings. The molecule has 3 nitrogen and oxygen atoms in total. The van der Waals surface area contributed by atoms with E-state index in [0.717, 1.165) is 45.3 Å². The van der Waals surface area contributed by atoms with Crippen LogP contribution in [-0.2, 0) is 4.74 Å². The zero-order valence-electron chi connectivity index (χ0n) is 12.4. The summed E-state index contributed by atoms with van der Waals surface area (Å²) in [7, 11) is 0. The minimum Gasteiger partial charge on any atom is -0.375 e. The standard InChI is InChI=1S/C15H28N2O/c1-5-15(6-2)11-13(7-10-18-15)17-9-8-14(3,4)12-16/h13,17H,5-11H2,1-4H3. The summed E-state index contributed by atoms with van der Waals surface area (Å²) in [4.78, 5) is 0. The molecule has 0 aliphatic carbocycles. The maximum Gasteiger partial charge on any atom is 0.0692 e. The second-order valence-corrected chi connectivity index (χ2v) is 6.13. The Kier molecular flexibility index (Phi) is 5.62. The van der Waals surface area contributed by atoms with Gasteiger partial charge in [-0.05, 0) is 52.5 Å². The molecule has 1 unspecified atom stereocenters. The number of rotatable bonds is 6. The van der Waals surface area contributed by atoms with Crippen LogP contribution in [0.3, 0.4) is 0 Å². The van der Waals surface area contributed by atoms with Crippen molar-refractivity contribution in [3.8, 4) is 6.07 Å². The first-order chi connectivity index (χ1) is 8.47. The molecular weight excluding hydrogens is 224 g/mol. The lowest BCUT2D eigenvalue weighted by atomic mass is 9.85. The fourth-order valence-corrected chi connectivity index (χ4v) is 2.59. The highest BCUT2D eigenvalue weighted by molar-refractivity contribution is 4.93. The third-order valence-electron chi connectivity index (χ3n) is 4.27. The minimum absolute atomic E-state index is 0.0840. The molecule has 1 N–H and O–H groups in total. The fraction of sp³-hybridized carbons (Fsp3) is 0.933. The molecule has 1 fully saturated rings. The van der Waals surface area contributed by atoms with E-state index in [9.17, 15) is 0 Å². The van der Waals surface area contributed by atoms with Crippen molar-refractivity contribution in [1.82, 2.24) is 5.32 Å². The highest BCUT2D eigenvalue weighted by Crippen LogP contribution is 2.31. The van der Waals surface area contributed by atoms with Gasteiger partial charge in [-0.1, -0.05) is 13.8 Å². The smallest absolute Gasteiger partial charge is 0.0692 e. The van der Waals surface area contributed by atoms with Gasteiger partial charge in [0.05, 0.1) is 17.1 Å². The maximum atomic E-state index is 8.99. The molecule has 3 heteroatoms. The van der Waals surface area contributed by atoms with E-state index in [4.69, 9.17) is 10.00 Å². The van der Waals surface area contributed by atoms with E-state index in [1.54, 1.807) is 0 Å².